The predicted molar refractivity (Wildman–Crippen MR) is 101 cm³/mol. The molecule has 3 heterocycles. The van der Waals surface area contributed by atoms with Gasteiger partial charge < -0.3 is 14.8 Å². The van der Waals surface area contributed by atoms with Crippen molar-refractivity contribution in [1.29, 1.82) is 0 Å². The Morgan fingerprint density at radius 1 is 1.23 bits per heavy atom. The fourth-order valence-corrected chi connectivity index (χ4v) is 4.32. The minimum atomic E-state index is -0.142. The molecule has 6 heteroatoms. The summed E-state index contributed by atoms with van der Waals surface area (Å²) >= 11 is 0. The van der Waals surface area contributed by atoms with E-state index in [-0.39, 0.29) is 17.6 Å². The van der Waals surface area contributed by atoms with Gasteiger partial charge in [-0.3, -0.25) is 4.90 Å². The monoisotopic (exact) mass is 353 g/mol. The number of hydrogen-bond donors (Lipinski definition) is 1. The van der Waals surface area contributed by atoms with Gasteiger partial charge in [0.05, 0.1) is 11.2 Å². The van der Waals surface area contributed by atoms with Crippen LogP contribution in [0.25, 0.3) is 5.69 Å². The maximum Gasteiger partial charge on any atom is 0.317 e. The molecule has 1 saturated heterocycles. The third kappa shape index (κ3) is 2.69. The van der Waals surface area contributed by atoms with Crippen molar-refractivity contribution >= 4 is 6.03 Å². The zero-order chi connectivity index (χ0) is 18.3. The van der Waals surface area contributed by atoms with E-state index in [2.05, 4.69) is 52.3 Å². The molecule has 2 aliphatic rings. The Morgan fingerprint density at radius 3 is 2.69 bits per heavy atom. The summed E-state index contributed by atoms with van der Waals surface area (Å²) in [6.07, 6.45) is 5.73. The van der Waals surface area contributed by atoms with Gasteiger partial charge >= 0.3 is 6.03 Å². The molecule has 0 aliphatic carbocycles. The average molecular weight is 353 g/mol. The van der Waals surface area contributed by atoms with Crippen LogP contribution in [0.1, 0.15) is 38.1 Å². The molecule has 1 spiro atoms. The molecule has 1 fully saturated rings. The smallest absolute Gasteiger partial charge is 0.317 e. The lowest BCUT2D eigenvalue weighted by atomic mass is 9.85. The molecule has 0 saturated carbocycles. The van der Waals surface area contributed by atoms with Crippen molar-refractivity contribution in [3.05, 3.63) is 48.0 Å². The lowest BCUT2D eigenvalue weighted by molar-refractivity contribution is 0.0356. The Balaban J connectivity index is 1.65. The molecule has 0 radical (unpaired) electrons. The molecule has 0 unspecified atom stereocenters. The third-order valence-corrected chi connectivity index (χ3v) is 5.74. The van der Waals surface area contributed by atoms with E-state index in [1.165, 1.54) is 11.3 Å². The number of para-hydroxylation sites is 1. The van der Waals surface area contributed by atoms with Crippen LogP contribution in [0, 0.1) is 0 Å². The van der Waals surface area contributed by atoms with Crippen molar-refractivity contribution in [1.82, 2.24) is 24.7 Å². The summed E-state index contributed by atoms with van der Waals surface area (Å²) in [5.41, 5.74) is 2.38. The van der Waals surface area contributed by atoms with Crippen molar-refractivity contribution in [3.8, 4) is 5.69 Å². The third-order valence-electron chi connectivity index (χ3n) is 5.74. The SMILES string of the molecule is CC(C)NC(=O)N1CCC2(CC1)c1nccn1-c1ccccc1CN2C. The van der Waals surface area contributed by atoms with E-state index in [4.69, 9.17) is 4.98 Å². The maximum absolute atomic E-state index is 12.4. The number of amides is 2. The van der Waals surface area contributed by atoms with Gasteiger partial charge in [-0.05, 0) is 45.4 Å². The highest BCUT2D eigenvalue weighted by Crippen LogP contribution is 2.41. The number of aromatic nitrogens is 2. The quantitative estimate of drug-likeness (QED) is 0.858. The Labute approximate surface area is 154 Å². The molecule has 1 aromatic heterocycles. The van der Waals surface area contributed by atoms with Crippen molar-refractivity contribution in [3.63, 3.8) is 0 Å². The molecule has 0 bridgehead atoms. The normalized spacial score (nSPS) is 19.2. The van der Waals surface area contributed by atoms with Gasteiger partial charge in [-0.1, -0.05) is 18.2 Å². The summed E-state index contributed by atoms with van der Waals surface area (Å²) in [6, 6.07) is 8.74. The average Bonchev–Trinajstić information content (AvgIpc) is 3.08. The molecule has 2 amide bonds. The van der Waals surface area contributed by atoms with Crippen molar-refractivity contribution in [2.75, 3.05) is 20.1 Å². The van der Waals surface area contributed by atoms with Crippen LogP contribution in [0.4, 0.5) is 4.79 Å². The molecule has 26 heavy (non-hydrogen) atoms. The highest BCUT2D eigenvalue weighted by Gasteiger charge is 2.45. The van der Waals surface area contributed by atoms with Gasteiger partial charge in [-0.15, -0.1) is 0 Å². The molecule has 1 N–H and O–H groups in total. The van der Waals surface area contributed by atoms with Crippen molar-refractivity contribution < 1.29 is 4.79 Å². The van der Waals surface area contributed by atoms with Crippen LogP contribution in [-0.2, 0) is 12.1 Å². The first-order chi connectivity index (χ1) is 12.5. The van der Waals surface area contributed by atoms with Gasteiger partial charge in [0, 0.05) is 38.1 Å². The Kier molecular flexibility index (Phi) is 4.23. The highest BCUT2D eigenvalue weighted by atomic mass is 16.2. The number of imidazole rings is 1. The number of nitrogens with one attached hydrogen (secondary N) is 1. The van der Waals surface area contributed by atoms with Gasteiger partial charge in [-0.2, -0.15) is 0 Å². The Morgan fingerprint density at radius 2 is 1.96 bits per heavy atom. The molecule has 0 atom stereocenters. The number of carbonyl (C=O) groups is 1. The van der Waals surface area contributed by atoms with Gasteiger partial charge in [0.2, 0.25) is 0 Å². The number of nitrogens with zero attached hydrogens (tertiary/aromatic N) is 4. The number of urea groups is 1. The number of likely N-dealkylation sites (tertiary alicyclic amines) is 1. The van der Waals surface area contributed by atoms with Crippen LogP contribution in [-0.4, -0.2) is 51.6 Å². The predicted octanol–water partition coefficient (Wildman–Crippen LogP) is 2.73. The minimum absolute atomic E-state index is 0.0396. The van der Waals surface area contributed by atoms with E-state index < -0.39 is 0 Å². The van der Waals surface area contributed by atoms with E-state index in [9.17, 15) is 4.79 Å². The number of carbonyl (C=O) groups excluding carboxylic acids is 1. The first-order valence-corrected chi connectivity index (χ1v) is 9.40. The molecule has 2 aromatic rings. The molecule has 1 aromatic carbocycles. The maximum atomic E-state index is 12.4. The summed E-state index contributed by atoms with van der Waals surface area (Å²) in [5.74, 6) is 1.09. The fourth-order valence-electron chi connectivity index (χ4n) is 4.32. The van der Waals surface area contributed by atoms with Crippen LogP contribution in [0.3, 0.4) is 0 Å². The van der Waals surface area contributed by atoms with E-state index in [0.717, 1.165) is 38.3 Å². The van der Waals surface area contributed by atoms with E-state index in [0.29, 0.717) is 0 Å². The second-order valence-electron chi connectivity index (χ2n) is 7.73. The number of hydrogen-bond acceptors (Lipinski definition) is 3. The zero-order valence-corrected chi connectivity index (χ0v) is 15.8. The van der Waals surface area contributed by atoms with Crippen LogP contribution < -0.4 is 5.32 Å². The van der Waals surface area contributed by atoms with Gasteiger partial charge in [0.25, 0.3) is 0 Å². The highest BCUT2D eigenvalue weighted by molar-refractivity contribution is 5.74. The zero-order valence-electron chi connectivity index (χ0n) is 15.8. The van der Waals surface area contributed by atoms with E-state index in [1.54, 1.807) is 0 Å². The van der Waals surface area contributed by atoms with Crippen LogP contribution >= 0.6 is 0 Å². The van der Waals surface area contributed by atoms with Crippen LogP contribution in [0.5, 0.6) is 0 Å². The molecule has 2 aliphatic heterocycles. The number of benzene rings is 1. The molecule has 138 valence electrons. The first-order valence-electron chi connectivity index (χ1n) is 9.40. The molecule has 4 rings (SSSR count). The second-order valence-corrected chi connectivity index (χ2v) is 7.73. The summed E-state index contributed by atoms with van der Waals surface area (Å²) in [4.78, 5) is 21.5. The lowest BCUT2D eigenvalue weighted by Crippen LogP contribution is -2.55. The van der Waals surface area contributed by atoms with Crippen LogP contribution in [0.2, 0.25) is 0 Å². The van der Waals surface area contributed by atoms with E-state index in [1.807, 2.05) is 24.9 Å². The molecule has 6 nitrogen and oxygen atoms in total. The topological polar surface area (TPSA) is 53.4 Å². The van der Waals surface area contributed by atoms with Crippen LogP contribution in [0.15, 0.2) is 36.7 Å². The first kappa shape index (κ1) is 17.1. The van der Waals surface area contributed by atoms with Crippen molar-refractivity contribution in [2.24, 2.45) is 0 Å². The minimum Gasteiger partial charge on any atom is -0.336 e. The van der Waals surface area contributed by atoms with Gasteiger partial charge in [-0.25, -0.2) is 9.78 Å². The standard InChI is InChI=1S/C20H27N5O/c1-15(2)22-19(26)24-11-8-20(9-12-24)18-21-10-13-25(18)17-7-5-4-6-16(17)14-23(20)3/h4-7,10,13,15H,8-9,11-12,14H2,1-3H3,(H,22,26). The Hall–Kier alpha value is -2.34. The largest absolute Gasteiger partial charge is 0.336 e. The van der Waals surface area contributed by atoms with E-state index >= 15 is 0 Å². The summed E-state index contributed by atoms with van der Waals surface area (Å²) < 4.78 is 2.24. The Bertz CT molecular complexity index is 804. The number of rotatable bonds is 1. The van der Waals surface area contributed by atoms with Crippen molar-refractivity contribution in [2.45, 2.75) is 44.8 Å². The summed E-state index contributed by atoms with van der Waals surface area (Å²) in [5, 5.41) is 3.01. The fraction of sp³-hybridized carbons (Fsp3) is 0.500. The second kappa shape index (κ2) is 6.43. The van der Waals surface area contributed by atoms with Gasteiger partial charge in [0.1, 0.15) is 5.82 Å². The molecular weight excluding hydrogens is 326 g/mol. The van der Waals surface area contributed by atoms with Gasteiger partial charge in [0.15, 0.2) is 0 Å². The summed E-state index contributed by atoms with van der Waals surface area (Å²) in [7, 11) is 2.19. The number of fused-ring (bicyclic) bond motifs is 4. The molecular formula is C20H27N5O. The lowest BCUT2D eigenvalue weighted by Gasteiger charge is -2.46. The number of piperidine rings is 1. The summed E-state index contributed by atoms with van der Waals surface area (Å²) in [6.45, 7) is 6.36.